The average Bonchev–Trinajstić information content (AvgIpc) is 2.70. The second-order valence-electron chi connectivity index (χ2n) is 5.72. The minimum atomic E-state index is -0.235. The number of aliphatic hydroxyl groups excluding tert-OH is 1. The summed E-state index contributed by atoms with van der Waals surface area (Å²) in [4.78, 5) is 2.34. The third-order valence-electron chi connectivity index (χ3n) is 4.10. The Morgan fingerprint density at radius 2 is 2.06 bits per heavy atom. The first-order valence-corrected chi connectivity index (χ1v) is 6.84. The summed E-state index contributed by atoms with van der Waals surface area (Å²) in [7, 11) is 0. The van der Waals surface area contributed by atoms with Crippen molar-refractivity contribution in [1.29, 1.82) is 0 Å². The van der Waals surface area contributed by atoms with E-state index in [0.29, 0.717) is 0 Å². The van der Waals surface area contributed by atoms with Gasteiger partial charge in [0, 0.05) is 38.9 Å². The van der Waals surface area contributed by atoms with E-state index in [-0.39, 0.29) is 11.7 Å². The molecule has 0 saturated carbocycles. The van der Waals surface area contributed by atoms with Gasteiger partial charge in [0.1, 0.15) is 11.4 Å². The van der Waals surface area contributed by atoms with Crippen molar-refractivity contribution in [1.82, 2.24) is 4.90 Å². The van der Waals surface area contributed by atoms with Crippen LogP contribution in [0.25, 0.3) is 0 Å². The summed E-state index contributed by atoms with van der Waals surface area (Å²) in [6.45, 7) is 4.69. The number of para-hydroxylation sites is 1. The normalized spacial score (nSPS) is 23.7. The number of benzene rings is 1. The van der Waals surface area contributed by atoms with Gasteiger partial charge < -0.3 is 14.7 Å². The molecule has 3 rings (SSSR count). The molecule has 18 heavy (non-hydrogen) atoms. The van der Waals surface area contributed by atoms with Gasteiger partial charge in [-0.25, -0.2) is 0 Å². The van der Waals surface area contributed by atoms with Crippen LogP contribution in [-0.4, -0.2) is 41.3 Å². The molecule has 2 aliphatic heterocycles. The zero-order valence-electron chi connectivity index (χ0n) is 10.9. The highest BCUT2D eigenvalue weighted by Crippen LogP contribution is 2.40. The molecule has 0 aromatic heterocycles. The van der Waals surface area contributed by atoms with E-state index in [0.717, 1.165) is 44.6 Å². The quantitative estimate of drug-likeness (QED) is 0.865. The smallest absolute Gasteiger partial charge is 0.123 e. The molecule has 1 aromatic carbocycles. The van der Waals surface area contributed by atoms with Gasteiger partial charge in [0.2, 0.25) is 0 Å². The van der Waals surface area contributed by atoms with Gasteiger partial charge in [-0.3, -0.25) is 0 Å². The fourth-order valence-electron chi connectivity index (χ4n) is 3.16. The molecule has 0 bridgehead atoms. The number of nitrogens with zero attached hydrogens (tertiary/aromatic N) is 1. The lowest BCUT2D eigenvalue weighted by Crippen LogP contribution is -2.48. The van der Waals surface area contributed by atoms with Crippen LogP contribution in [0.4, 0.5) is 0 Å². The van der Waals surface area contributed by atoms with Crippen LogP contribution in [0.5, 0.6) is 5.75 Å². The van der Waals surface area contributed by atoms with Crippen molar-refractivity contribution in [3.05, 3.63) is 29.8 Å². The maximum atomic E-state index is 9.43. The fourth-order valence-corrected chi connectivity index (χ4v) is 3.16. The number of rotatable bonds is 2. The molecule has 1 saturated heterocycles. The van der Waals surface area contributed by atoms with Crippen molar-refractivity contribution < 1.29 is 9.84 Å². The van der Waals surface area contributed by atoms with Crippen LogP contribution in [0.1, 0.15) is 25.3 Å². The van der Waals surface area contributed by atoms with E-state index in [9.17, 15) is 5.11 Å². The monoisotopic (exact) mass is 247 g/mol. The molecule has 0 radical (unpaired) electrons. The Balaban J connectivity index is 1.64. The Labute approximate surface area is 108 Å². The first kappa shape index (κ1) is 12.0. The molecule has 3 nitrogen and oxygen atoms in total. The maximum absolute atomic E-state index is 9.43. The van der Waals surface area contributed by atoms with Gasteiger partial charge in [-0.1, -0.05) is 18.2 Å². The minimum absolute atomic E-state index is 0.0267. The molecule has 1 atom stereocenters. The van der Waals surface area contributed by atoms with Crippen molar-refractivity contribution in [3.63, 3.8) is 0 Å². The number of piperidine rings is 1. The first-order valence-electron chi connectivity index (χ1n) is 6.84. The average molecular weight is 247 g/mol. The van der Waals surface area contributed by atoms with Crippen LogP contribution < -0.4 is 4.74 Å². The summed E-state index contributed by atoms with van der Waals surface area (Å²) in [5, 5.41) is 9.43. The topological polar surface area (TPSA) is 32.7 Å². The van der Waals surface area contributed by atoms with Crippen molar-refractivity contribution in [3.8, 4) is 5.75 Å². The largest absolute Gasteiger partial charge is 0.487 e. The molecule has 0 amide bonds. The van der Waals surface area contributed by atoms with Gasteiger partial charge >= 0.3 is 0 Å². The summed E-state index contributed by atoms with van der Waals surface area (Å²) < 4.78 is 6.20. The van der Waals surface area contributed by atoms with Crippen LogP contribution in [0.15, 0.2) is 24.3 Å². The molecular weight excluding hydrogens is 226 g/mol. The van der Waals surface area contributed by atoms with Gasteiger partial charge in [0.15, 0.2) is 0 Å². The Kier molecular flexibility index (Phi) is 3.04. The summed E-state index contributed by atoms with van der Waals surface area (Å²) in [5.74, 6) is 1.07. The molecule has 1 aromatic rings. The lowest BCUT2D eigenvalue weighted by molar-refractivity contribution is 0.00698. The SMILES string of the molecule is CC(O)CN1CCC2(CC1)Cc1ccccc1O2. The van der Waals surface area contributed by atoms with E-state index in [4.69, 9.17) is 4.74 Å². The van der Waals surface area contributed by atoms with E-state index in [2.05, 4.69) is 23.1 Å². The van der Waals surface area contributed by atoms with Crippen molar-refractivity contribution in [2.75, 3.05) is 19.6 Å². The van der Waals surface area contributed by atoms with Crippen LogP contribution in [-0.2, 0) is 6.42 Å². The molecule has 1 unspecified atom stereocenters. The molecular formula is C15H21NO2. The lowest BCUT2D eigenvalue weighted by atomic mass is 9.87. The van der Waals surface area contributed by atoms with E-state index in [1.165, 1.54) is 5.56 Å². The minimum Gasteiger partial charge on any atom is -0.487 e. The molecule has 2 aliphatic rings. The molecule has 3 heteroatoms. The highest BCUT2D eigenvalue weighted by molar-refractivity contribution is 5.39. The van der Waals surface area contributed by atoms with Crippen molar-refractivity contribution >= 4 is 0 Å². The van der Waals surface area contributed by atoms with Crippen LogP contribution in [0.3, 0.4) is 0 Å². The summed E-state index contributed by atoms with van der Waals surface area (Å²) in [6.07, 6.45) is 2.94. The molecule has 98 valence electrons. The van der Waals surface area contributed by atoms with Crippen molar-refractivity contribution in [2.24, 2.45) is 0 Å². The molecule has 1 N–H and O–H groups in total. The molecule has 2 heterocycles. The van der Waals surface area contributed by atoms with E-state index < -0.39 is 0 Å². The maximum Gasteiger partial charge on any atom is 0.123 e. The number of hydrogen-bond acceptors (Lipinski definition) is 3. The third kappa shape index (κ3) is 2.25. The second-order valence-corrected chi connectivity index (χ2v) is 5.72. The predicted molar refractivity (Wildman–Crippen MR) is 70.9 cm³/mol. The van der Waals surface area contributed by atoms with Gasteiger partial charge in [0.25, 0.3) is 0 Å². The second kappa shape index (κ2) is 4.56. The lowest BCUT2D eigenvalue weighted by Gasteiger charge is -2.39. The number of hydrogen-bond donors (Lipinski definition) is 1. The zero-order chi connectivity index (χ0) is 12.6. The number of fused-ring (bicyclic) bond motifs is 1. The summed E-state index contributed by atoms with van der Waals surface area (Å²) >= 11 is 0. The standard InChI is InChI=1S/C15H21NO2/c1-12(17)11-16-8-6-15(7-9-16)10-13-4-2-3-5-14(13)18-15/h2-5,12,17H,6-11H2,1H3. The fraction of sp³-hybridized carbons (Fsp3) is 0.600. The Morgan fingerprint density at radius 3 is 2.72 bits per heavy atom. The van der Waals surface area contributed by atoms with Crippen LogP contribution in [0, 0.1) is 0 Å². The van der Waals surface area contributed by atoms with Gasteiger partial charge in [0.05, 0.1) is 6.10 Å². The highest BCUT2D eigenvalue weighted by Gasteiger charge is 2.41. The number of ether oxygens (including phenoxy) is 1. The number of likely N-dealkylation sites (tertiary alicyclic amines) is 1. The number of aliphatic hydroxyl groups is 1. The molecule has 0 aliphatic carbocycles. The molecule has 1 fully saturated rings. The van der Waals surface area contributed by atoms with Gasteiger partial charge in [-0.2, -0.15) is 0 Å². The predicted octanol–water partition coefficient (Wildman–Crippen LogP) is 1.84. The number of β-amino-alcohol motifs (C(OH)–C–C–N with tert-alkyl or cyclic N) is 1. The van der Waals surface area contributed by atoms with E-state index in [1.54, 1.807) is 0 Å². The first-order chi connectivity index (χ1) is 8.67. The van der Waals surface area contributed by atoms with Crippen LogP contribution in [0.2, 0.25) is 0 Å². The third-order valence-corrected chi connectivity index (χ3v) is 4.10. The van der Waals surface area contributed by atoms with Crippen LogP contribution >= 0.6 is 0 Å². The zero-order valence-corrected chi connectivity index (χ0v) is 10.9. The molecule has 1 spiro atoms. The Hall–Kier alpha value is -1.06. The van der Waals surface area contributed by atoms with E-state index >= 15 is 0 Å². The Bertz CT molecular complexity index is 395. The van der Waals surface area contributed by atoms with Crippen molar-refractivity contribution in [2.45, 2.75) is 37.9 Å². The summed E-state index contributed by atoms with van der Waals surface area (Å²) in [5.41, 5.74) is 1.38. The highest BCUT2D eigenvalue weighted by atomic mass is 16.5. The van der Waals surface area contributed by atoms with Gasteiger partial charge in [-0.15, -0.1) is 0 Å². The summed E-state index contributed by atoms with van der Waals surface area (Å²) in [6, 6.07) is 8.38. The Morgan fingerprint density at radius 1 is 1.33 bits per heavy atom. The van der Waals surface area contributed by atoms with E-state index in [1.807, 2.05) is 13.0 Å². The van der Waals surface area contributed by atoms with Gasteiger partial charge in [-0.05, 0) is 18.6 Å².